The van der Waals surface area contributed by atoms with Crippen LogP contribution in [0, 0.1) is 10.7 Å². The molecule has 0 aliphatic carbocycles. The molecule has 0 aliphatic heterocycles. The number of carbonyl (C=O) groups is 4. The van der Waals surface area contributed by atoms with E-state index in [-0.39, 0.29) is 17.4 Å². The summed E-state index contributed by atoms with van der Waals surface area (Å²) >= 11 is 5.77. The molecule has 0 radical (unpaired) electrons. The number of hydrogen-bond acceptors (Lipinski definition) is 9. The fourth-order valence-electron chi connectivity index (χ4n) is 3.06. The molecule has 1 aromatic rings. The first kappa shape index (κ1) is 34.1. The Kier molecular flexibility index (Phi) is 13.9. The molecule has 16 heteroatoms. The van der Waals surface area contributed by atoms with Gasteiger partial charge in [-0.15, -0.1) is 0 Å². The number of nitrogens with one attached hydrogen (secondary N) is 2. The Balaban J connectivity index is 3.17. The smallest absolute Gasteiger partial charge is 0.256 e. The number of anilines is 2. The third-order valence-corrected chi connectivity index (χ3v) is 8.30. The van der Waals surface area contributed by atoms with E-state index in [4.69, 9.17) is 5.11 Å². The molecule has 0 spiro atoms. The Labute approximate surface area is 254 Å². The molecule has 0 bridgehead atoms. The summed E-state index contributed by atoms with van der Waals surface area (Å²) in [5.74, 6) is -1.95. The maximum atomic E-state index is 13.4. The average molecular weight is 862 g/mol. The van der Waals surface area contributed by atoms with E-state index < -0.39 is 55.9 Å². The average Bonchev–Trinajstić information content (AvgIpc) is 2.82. The van der Waals surface area contributed by atoms with Gasteiger partial charge in [0.25, 0.3) is 5.91 Å². The van der Waals surface area contributed by atoms with Gasteiger partial charge in [0, 0.05) is 34.5 Å². The van der Waals surface area contributed by atoms with Gasteiger partial charge in [-0.1, -0.05) is 0 Å². The highest BCUT2D eigenvalue weighted by atomic mass is 127. The Morgan fingerprint density at radius 1 is 0.784 bits per heavy atom. The summed E-state index contributed by atoms with van der Waals surface area (Å²) in [5.41, 5.74) is 0.821. The van der Waals surface area contributed by atoms with E-state index in [9.17, 15) is 39.6 Å². The van der Waals surface area contributed by atoms with Crippen LogP contribution >= 0.6 is 67.8 Å². The van der Waals surface area contributed by atoms with Crippen LogP contribution in [0.25, 0.3) is 0 Å². The number of aliphatic hydroxyl groups excluding tert-OH is 5. The van der Waals surface area contributed by atoms with Crippen LogP contribution in [0.5, 0.6) is 0 Å². The number of likely N-dealkylation sites (N-methyl/N-ethyl adjacent to an activating group) is 2. The van der Waals surface area contributed by atoms with E-state index in [1.54, 1.807) is 0 Å². The third kappa shape index (κ3) is 9.07. The topological polar surface area (TPSA) is 200 Å². The van der Waals surface area contributed by atoms with Crippen molar-refractivity contribution >= 4 is 103 Å². The van der Waals surface area contributed by atoms with E-state index in [0.717, 1.165) is 9.80 Å². The molecule has 0 fully saturated rings. The largest absolute Gasteiger partial charge is 0.394 e. The summed E-state index contributed by atoms with van der Waals surface area (Å²) in [6.45, 7) is 0.909. The zero-order valence-corrected chi connectivity index (χ0v) is 26.8. The van der Waals surface area contributed by atoms with E-state index >= 15 is 0 Å². The van der Waals surface area contributed by atoms with Gasteiger partial charge in [-0.3, -0.25) is 19.2 Å². The predicted octanol–water partition coefficient (Wildman–Crippen LogP) is -0.616. The van der Waals surface area contributed by atoms with Crippen LogP contribution in [0.3, 0.4) is 0 Å². The van der Waals surface area contributed by atoms with E-state index in [1.807, 2.05) is 67.8 Å². The first-order valence-corrected chi connectivity index (χ1v) is 13.9. The van der Waals surface area contributed by atoms with Crippen molar-refractivity contribution in [1.29, 1.82) is 0 Å². The van der Waals surface area contributed by atoms with Gasteiger partial charge < -0.3 is 46.0 Å². The number of carbonyl (C=O) groups excluding carboxylic acids is 4. The van der Waals surface area contributed by atoms with E-state index in [0.29, 0.717) is 22.1 Å². The fourth-order valence-corrected chi connectivity index (χ4v) is 7.23. The number of halogens is 3. The zero-order chi connectivity index (χ0) is 28.8. The number of rotatable bonds is 11. The lowest BCUT2D eigenvalue weighted by molar-refractivity contribution is -0.138. The predicted molar refractivity (Wildman–Crippen MR) is 159 cm³/mol. The lowest BCUT2D eigenvalue weighted by atomic mass is 10.0. The Morgan fingerprint density at radius 3 is 1.62 bits per heavy atom. The minimum Gasteiger partial charge on any atom is -0.394 e. The van der Waals surface area contributed by atoms with Crippen molar-refractivity contribution in [2.24, 2.45) is 0 Å². The maximum Gasteiger partial charge on any atom is 0.256 e. The number of benzene rings is 1. The van der Waals surface area contributed by atoms with Gasteiger partial charge in [0.15, 0.2) is 0 Å². The molecule has 0 aromatic heterocycles. The van der Waals surface area contributed by atoms with Crippen LogP contribution in [0.4, 0.5) is 11.4 Å². The van der Waals surface area contributed by atoms with Crippen LogP contribution in [0.2, 0.25) is 0 Å². The standard InChI is InChI=1S/C21H29I3N4O9/c1-8(30)25-17-14(22)13(15(23)18(16(17)24)26-9(2)31)21(37)28(4)6-12(34)27(3)5-10(32)19(35)20(36)11(33)7-29/h10-11,19-20,29,32-33,35-36H,5-7H2,1-4H3,(H,25,30)(H,26,31). The summed E-state index contributed by atoms with van der Waals surface area (Å²) in [6.07, 6.45) is -7.01. The summed E-state index contributed by atoms with van der Waals surface area (Å²) in [6, 6.07) is 0. The zero-order valence-electron chi connectivity index (χ0n) is 20.3. The lowest BCUT2D eigenvalue weighted by Gasteiger charge is -2.29. The van der Waals surface area contributed by atoms with Crippen molar-refractivity contribution in [1.82, 2.24) is 9.80 Å². The molecule has 0 saturated carbocycles. The summed E-state index contributed by atoms with van der Waals surface area (Å²) < 4.78 is 1.33. The second-order valence-corrected chi connectivity index (χ2v) is 11.4. The minimum atomic E-state index is -1.84. The second kappa shape index (κ2) is 15.0. The number of hydrogen-bond donors (Lipinski definition) is 7. The van der Waals surface area contributed by atoms with E-state index in [2.05, 4.69) is 10.6 Å². The van der Waals surface area contributed by atoms with Gasteiger partial charge in [0.2, 0.25) is 17.7 Å². The normalized spacial score (nSPS) is 14.3. The molecule has 0 saturated heterocycles. The first-order valence-electron chi connectivity index (χ1n) is 10.6. The van der Waals surface area contributed by atoms with Crippen molar-refractivity contribution in [2.45, 2.75) is 38.3 Å². The minimum absolute atomic E-state index is 0.156. The highest BCUT2D eigenvalue weighted by Gasteiger charge is 2.32. The molecule has 7 N–H and O–H groups in total. The molecule has 208 valence electrons. The fraction of sp³-hybridized carbons (Fsp3) is 0.524. The van der Waals surface area contributed by atoms with Gasteiger partial charge >= 0.3 is 0 Å². The summed E-state index contributed by atoms with van der Waals surface area (Å²) in [7, 11) is 2.69. The number of amides is 4. The molecule has 37 heavy (non-hydrogen) atoms. The highest BCUT2D eigenvalue weighted by molar-refractivity contribution is 14.1. The Bertz CT molecular complexity index is 1000. The molecule has 13 nitrogen and oxygen atoms in total. The molecular formula is C21H29I3N4O9. The maximum absolute atomic E-state index is 13.4. The Hall–Kier alpha value is -0.910. The van der Waals surface area contributed by atoms with Crippen molar-refractivity contribution < 1.29 is 44.7 Å². The van der Waals surface area contributed by atoms with Crippen LogP contribution in [-0.2, 0) is 14.4 Å². The SMILES string of the molecule is CC(=O)Nc1c(I)c(NC(C)=O)c(I)c(C(=O)N(C)CC(=O)N(C)CC(O)C(O)C(O)C(O)CO)c1I. The first-order chi connectivity index (χ1) is 17.0. The quantitative estimate of drug-likeness (QED) is 0.142. The highest BCUT2D eigenvalue weighted by Crippen LogP contribution is 2.39. The van der Waals surface area contributed by atoms with Gasteiger partial charge in [-0.2, -0.15) is 0 Å². The van der Waals surface area contributed by atoms with Crippen molar-refractivity contribution in [3.63, 3.8) is 0 Å². The van der Waals surface area contributed by atoms with Crippen LogP contribution in [0.15, 0.2) is 0 Å². The molecule has 1 aromatic carbocycles. The molecule has 0 heterocycles. The van der Waals surface area contributed by atoms with Crippen molar-refractivity contribution in [2.75, 3.05) is 44.4 Å². The molecule has 4 atom stereocenters. The number of aliphatic hydroxyl groups is 5. The second-order valence-electron chi connectivity index (χ2n) is 8.16. The molecule has 1 rings (SSSR count). The van der Waals surface area contributed by atoms with Crippen molar-refractivity contribution in [3.8, 4) is 0 Å². The third-order valence-electron chi connectivity index (χ3n) is 5.06. The van der Waals surface area contributed by atoms with Crippen molar-refractivity contribution in [3.05, 3.63) is 16.3 Å². The molecule has 4 unspecified atom stereocenters. The van der Waals surface area contributed by atoms with Gasteiger partial charge in [-0.25, -0.2) is 0 Å². The monoisotopic (exact) mass is 862 g/mol. The Morgan fingerprint density at radius 2 is 1.22 bits per heavy atom. The number of nitrogens with zero attached hydrogens (tertiary/aromatic N) is 2. The lowest BCUT2D eigenvalue weighted by Crippen LogP contribution is -2.51. The van der Waals surface area contributed by atoms with Gasteiger partial charge in [0.05, 0.1) is 40.8 Å². The van der Waals surface area contributed by atoms with Gasteiger partial charge in [0.1, 0.15) is 24.4 Å². The molecular weight excluding hydrogens is 833 g/mol. The molecule has 0 aliphatic rings. The van der Waals surface area contributed by atoms with Gasteiger partial charge in [-0.05, 0) is 67.8 Å². The molecule has 4 amide bonds. The van der Waals surface area contributed by atoms with E-state index in [1.165, 1.54) is 27.9 Å². The van der Waals surface area contributed by atoms with Crippen LogP contribution < -0.4 is 10.6 Å². The summed E-state index contributed by atoms with van der Waals surface area (Å²) in [4.78, 5) is 51.8. The van der Waals surface area contributed by atoms with Crippen LogP contribution in [0.1, 0.15) is 24.2 Å². The van der Waals surface area contributed by atoms with Crippen LogP contribution in [-0.4, -0.2) is 117 Å². The summed E-state index contributed by atoms with van der Waals surface area (Å²) in [5, 5.41) is 53.5.